The van der Waals surface area contributed by atoms with E-state index in [1.165, 1.54) is 37.8 Å². The van der Waals surface area contributed by atoms with Crippen LogP contribution < -0.4 is 10.6 Å². The molecule has 2 N–H and O–H groups in total. The zero-order chi connectivity index (χ0) is 17.1. The Morgan fingerprint density at radius 2 is 1.92 bits per heavy atom. The minimum Gasteiger partial charge on any atom is -0.382 e. The maximum atomic E-state index is 6.08. The molecule has 1 saturated heterocycles. The summed E-state index contributed by atoms with van der Waals surface area (Å²) in [5.74, 6) is 0.714. The van der Waals surface area contributed by atoms with Crippen molar-refractivity contribution < 1.29 is 4.74 Å². The molecule has 2 aromatic rings. The topological polar surface area (TPSA) is 46.2 Å². The summed E-state index contributed by atoms with van der Waals surface area (Å²) in [5.41, 5.74) is 2.12. The summed E-state index contributed by atoms with van der Waals surface area (Å²) in [6.07, 6.45) is 7.95. The van der Waals surface area contributed by atoms with Crippen LogP contribution in [0.1, 0.15) is 32.1 Å². The van der Waals surface area contributed by atoms with Crippen molar-refractivity contribution in [1.29, 1.82) is 0 Å². The Kier molecular flexibility index (Phi) is 5.39. The number of anilines is 1. The van der Waals surface area contributed by atoms with Gasteiger partial charge in [-0.05, 0) is 62.3 Å². The number of hydrogen-bond donors (Lipinski definition) is 2. The Morgan fingerprint density at radius 1 is 1.08 bits per heavy atom. The number of rotatable bonds is 5. The third-order valence-corrected chi connectivity index (χ3v) is 5.75. The summed E-state index contributed by atoms with van der Waals surface area (Å²) >= 11 is 6.08. The number of nitrogens with one attached hydrogen (secondary N) is 2. The SMILES string of the molecule is Clc1ccc2c(NC3CCC(NCC4CCOC4)CC3)ccnc2c1. The second kappa shape index (κ2) is 7.90. The monoisotopic (exact) mass is 359 g/mol. The van der Waals surface area contributed by atoms with Crippen LogP contribution >= 0.6 is 11.6 Å². The number of halogens is 1. The summed E-state index contributed by atoms with van der Waals surface area (Å²) in [5, 5.41) is 9.36. The molecule has 4 nitrogen and oxygen atoms in total. The number of nitrogens with zero attached hydrogens (tertiary/aromatic N) is 1. The zero-order valence-corrected chi connectivity index (χ0v) is 15.3. The molecule has 2 aliphatic rings. The normalized spacial score (nSPS) is 26.8. The lowest BCUT2D eigenvalue weighted by atomic mass is 9.90. The molecule has 1 aliphatic heterocycles. The van der Waals surface area contributed by atoms with Crippen LogP contribution in [0.15, 0.2) is 30.5 Å². The van der Waals surface area contributed by atoms with Crippen molar-refractivity contribution in [1.82, 2.24) is 10.3 Å². The van der Waals surface area contributed by atoms with Gasteiger partial charge in [0.1, 0.15) is 0 Å². The van der Waals surface area contributed by atoms with Crippen LogP contribution in [-0.4, -0.2) is 36.8 Å². The molecule has 0 spiro atoms. The molecule has 1 aromatic heterocycles. The van der Waals surface area contributed by atoms with Gasteiger partial charge in [0, 0.05) is 47.5 Å². The molecule has 25 heavy (non-hydrogen) atoms. The van der Waals surface area contributed by atoms with Crippen molar-refractivity contribution in [2.45, 2.75) is 44.2 Å². The van der Waals surface area contributed by atoms with Gasteiger partial charge in [-0.1, -0.05) is 11.6 Å². The first kappa shape index (κ1) is 17.1. The van der Waals surface area contributed by atoms with Crippen LogP contribution in [0.2, 0.25) is 5.02 Å². The summed E-state index contributed by atoms with van der Waals surface area (Å²) < 4.78 is 5.46. The molecule has 134 valence electrons. The lowest BCUT2D eigenvalue weighted by molar-refractivity contribution is 0.183. The standard InChI is InChI=1S/C20H26ClN3O/c21-15-1-6-18-19(7-9-22-20(18)11-15)24-17-4-2-16(3-5-17)23-12-14-8-10-25-13-14/h1,6-7,9,11,14,16-17,23H,2-5,8,10,12-13H2,(H,22,24). The van der Waals surface area contributed by atoms with E-state index in [1.807, 2.05) is 18.3 Å². The van der Waals surface area contributed by atoms with E-state index in [9.17, 15) is 0 Å². The summed E-state index contributed by atoms with van der Waals surface area (Å²) in [6, 6.07) is 9.19. The van der Waals surface area contributed by atoms with Crippen molar-refractivity contribution in [3.05, 3.63) is 35.5 Å². The van der Waals surface area contributed by atoms with Crippen LogP contribution in [0.25, 0.3) is 10.9 Å². The predicted octanol–water partition coefficient (Wildman–Crippen LogP) is 4.24. The lowest BCUT2D eigenvalue weighted by Gasteiger charge is -2.31. The summed E-state index contributed by atoms with van der Waals surface area (Å²) in [6.45, 7) is 2.98. The van der Waals surface area contributed by atoms with E-state index < -0.39 is 0 Å². The number of benzene rings is 1. The second-order valence-electron chi connectivity index (χ2n) is 7.35. The fourth-order valence-corrected chi connectivity index (χ4v) is 4.15. The van der Waals surface area contributed by atoms with Crippen LogP contribution in [0.5, 0.6) is 0 Å². The minimum absolute atomic E-state index is 0.536. The summed E-state index contributed by atoms with van der Waals surface area (Å²) in [7, 11) is 0. The molecular weight excluding hydrogens is 334 g/mol. The quantitative estimate of drug-likeness (QED) is 0.838. The van der Waals surface area contributed by atoms with Gasteiger partial charge >= 0.3 is 0 Å². The van der Waals surface area contributed by atoms with Crippen molar-refractivity contribution >= 4 is 28.2 Å². The number of aromatic nitrogens is 1. The molecule has 0 radical (unpaired) electrons. The average Bonchev–Trinajstić information content (AvgIpc) is 3.15. The van der Waals surface area contributed by atoms with Crippen molar-refractivity contribution in [3.63, 3.8) is 0 Å². The fraction of sp³-hybridized carbons (Fsp3) is 0.550. The zero-order valence-electron chi connectivity index (χ0n) is 14.5. The molecule has 1 saturated carbocycles. The second-order valence-corrected chi connectivity index (χ2v) is 7.79. The number of ether oxygens (including phenoxy) is 1. The average molecular weight is 360 g/mol. The van der Waals surface area contributed by atoms with E-state index in [0.29, 0.717) is 18.0 Å². The predicted molar refractivity (Wildman–Crippen MR) is 103 cm³/mol. The highest BCUT2D eigenvalue weighted by molar-refractivity contribution is 6.31. The van der Waals surface area contributed by atoms with E-state index in [0.717, 1.165) is 35.7 Å². The van der Waals surface area contributed by atoms with Crippen molar-refractivity contribution in [3.8, 4) is 0 Å². The maximum Gasteiger partial charge on any atom is 0.0737 e. The Hall–Kier alpha value is -1.36. The van der Waals surface area contributed by atoms with Gasteiger partial charge < -0.3 is 15.4 Å². The molecule has 1 atom stereocenters. The molecule has 1 aromatic carbocycles. The van der Waals surface area contributed by atoms with Gasteiger partial charge in [-0.3, -0.25) is 4.98 Å². The minimum atomic E-state index is 0.536. The molecule has 5 heteroatoms. The first-order chi connectivity index (χ1) is 12.3. The van der Waals surface area contributed by atoms with E-state index >= 15 is 0 Å². The van der Waals surface area contributed by atoms with Crippen LogP contribution in [0.4, 0.5) is 5.69 Å². The van der Waals surface area contributed by atoms with Gasteiger partial charge in [0.2, 0.25) is 0 Å². The number of fused-ring (bicyclic) bond motifs is 1. The van der Waals surface area contributed by atoms with Crippen molar-refractivity contribution in [2.24, 2.45) is 5.92 Å². The van der Waals surface area contributed by atoms with Gasteiger partial charge in [0.05, 0.1) is 12.1 Å². The molecular formula is C20H26ClN3O. The van der Waals surface area contributed by atoms with Gasteiger partial charge in [-0.2, -0.15) is 0 Å². The van der Waals surface area contributed by atoms with Crippen LogP contribution in [-0.2, 0) is 4.74 Å². The highest BCUT2D eigenvalue weighted by Gasteiger charge is 2.23. The van der Waals surface area contributed by atoms with E-state index in [1.54, 1.807) is 0 Å². The van der Waals surface area contributed by atoms with E-state index in [2.05, 4.69) is 27.8 Å². The maximum absolute atomic E-state index is 6.08. The first-order valence-electron chi connectivity index (χ1n) is 9.40. The highest BCUT2D eigenvalue weighted by atomic mass is 35.5. The van der Waals surface area contributed by atoms with Gasteiger partial charge in [0.25, 0.3) is 0 Å². The largest absolute Gasteiger partial charge is 0.382 e. The van der Waals surface area contributed by atoms with E-state index in [4.69, 9.17) is 16.3 Å². The van der Waals surface area contributed by atoms with Crippen LogP contribution in [0, 0.1) is 5.92 Å². The molecule has 2 fully saturated rings. The molecule has 1 unspecified atom stereocenters. The van der Waals surface area contributed by atoms with Gasteiger partial charge in [-0.25, -0.2) is 0 Å². The molecule has 1 aliphatic carbocycles. The highest BCUT2D eigenvalue weighted by Crippen LogP contribution is 2.28. The van der Waals surface area contributed by atoms with E-state index in [-0.39, 0.29) is 0 Å². The molecule has 0 amide bonds. The Balaban J connectivity index is 1.31. The Morgan fingerprint density at radius 3 is 2.72 bits per heavy atom. The van der Waals surface area contributed by atoms with Crippen LogP contribution in [0.3, 0.4) is 0 Å². The third-order valence-electron chi connectivity index (χ3n) is 5.51. The molecule has 4 rings (SSSR count). The number of pyridine rings is 1. The van der Waals surface area contributed by atoms with Gasteiger partial charge in [-0.15, -0.1) is 0 Å². The van der Waals surface area contributed by atoms with Crippen molar-refractivity contribution in [2.75, 3.05) is 25.1 Å². The third kappa shape index (κ3) is 4.25. The number of hydrogen-bond acceptors (Lipinski definition) is 4. The smallest absolute Gasteiger partial charge is 0.0737 e. The lowest BCUT2D eigenvalue weighted by Crippen LogP contribution is -2.39. The Bertz CT molecular complexity index is 709. The van der Waals surface area contributed by atoms with Gasteiger partial charge in [0.15, 0.2) is 0 Å². The molecule has 0 bridgehead atoms. The summed E-state index contributed by atoms with van der Waals surface area (Å²) in [4.78, 5) is 4.43. The fourth-order valence-electron chi connectivity index (χ4n) is 3.99. The molecule has 2 heterocycles. The first-order valence-corrected chi connectivity index (χ1v) is 9.77. The Labute approximate surface area is 154 Å².